The minimum Gasteiger partial charge on any atom is -0.480 e. The fraction of sp³-hybridized carbons (Fsp3) is 0.296. The van der Waals surface area contributed by atoms with Crippen LogP contribution in [0.2, 0.25) is 0 Å². The number of carboxylic acid groups (broad SMARTS) is 1. The number of nitrogens with one attached hydrogen (secondary N) is 2. The van der Waals surface area contributed by atoms with Crippen LogP contribution in [0.1, 0.15) is 43.2 Å². The highest BCUT2D eigenvalue weighted by Gasteiger charge is 2.30. The Kier molecular flexibility index (Phi) is 8.47. The van der Waals surface area contributed by atoms with Gasteiger partial charge in [-0.1, -0.05) is 54.6 Å². The molecule has 0 radical (unpaired) electrons. The van der Waals surface area contributed by atoms with Gasteiger partial charge in [-0.15, -0.1) is 18.4 Å². The highest BCUT2D eigenvalue weighted by atomic mass is 16.5. The van der Waals surface area contributed by atoms with Crippen molar-refractivity contribution < 1.29 is 24.2 Å². The zero-order chi connectivity index (χ0) is 24.5. The fourth-order valence-corrected chi connectivity index (χ4v) is 4.01. The second-order valence-corrected chi connectivity index (χ2v) is 7.92. The number of fused-ring (bicyclic) bond motifs is 3. The average Bonchev–Trinajstić information content (AvgIpc) is 3.16. The van der Waals surface area contributed by atoms with Crippen LogP contribution in [0.25, 0.3) is 11.1 Å². The van der Waals surface area contributed by atoms with Crippen LogP contribution >= 0.6 is 0 Å². The molecular weight excluding hydrogens is 432 g/mol. The van der Waals surface area contributed by atoms with Crippen molar-refractivity contribution in [3.8, 4) is 23.0 Å². The molecule has 0 spiro atoms. The van der Waals surface area contributed by atoms with Crippen molar-refractivity contribution in [1.82, 2.24) is 10.6 Å². The van der Waals surface area contributed by atoms with Gasteiger partial charge in [0.15, 0.2) is 0 Å². The first kappa shape index (κ1) is 24.6. The van der Waals surface area contributed by atoms with E-state index >= 15 is 0 Å². The summed E-state index contributed by atoms with van der Waals surface area (Å²) < 4.78 is 5.51. The third-order valence-corrected chi connectivity index (χ3v) is 5.71. The van der Waals surface area contributed by atoms with Gasteiger partial charge in [0.25, 0.3) is 0 Å². The highest BCUT2D eigenvalue weighted by Crippen LogP contribution is 2.44. The number of allylic oxidation sites excluding steroid dienone is 1. The summed E-state index contributed by atoms with van der Waals surface area (Å²) in [6, 6.07) is 13.8. The van der Waals surface area contributed by atoms with E-state index in [1.165, 1.54) is 0 Å². The van der Waals surface area contributed by atoms with Gasteiger partial charge >= 0.3 is 12.1 Å². The molecule has 0 saturated carbocycles. The van der Waals surface area contributed by atoms with Gasteiger partial charge in [0.05, 0.1) is 0 Å². The van der Waals surface area contributed by atoms with E-state index in [1.807, 2.05) is 48.5 Å². The van der Waals surface area contributed by atoms with Gasteiger partial charge in [0.2, 0.25) is 5.91 Å². The van der Waals surface area contributed by atoms with E-state index in [4.69, 9.17) is 4.74 Å². The van der Waals surface area contributed by atoms with Crippen LogP contribution < -0.4 is 10.6 Å². The number of hydrogen-bond acceptors (Lipinski definition) is 4. The van der Waals surface area contributed by atoms with E-state index in [0.717, 1.165) is 22.3 Å². The largest absolute Gasteiger partial charge is 0.480 e. The van der Waals surface area contributed by atoms with Crippen molar-refractivity contribution in [2.45, 2.75) is 44.2 Å². The first-order chi connectivity index (χ1) is 16.5. The molecule has 34 heavy (non-hydrogen) atoms. The van der Waals surface area contributed by atoms with Gasteiger partial charge in [-0.3, -0.25) is 4.79 Å². The van der Waals surface area contributed by atoms with E-state index < -0.39 is 30.1 Å². The molecule has 0 saturated heterocycles. The Morgan fingerprint density at radius 2 is 1.68 bits per heavy atom. The number of carboxylic acids is 1. The Labute approximate surface area is 199 Å². The number of carbonyl (C=O) groups excluding carboxylic acids is 2. The summed E-state index contributed by atoms with van der Waals surface area (Å²) in [6.45, 7) is 5.29. The van der Waals surface area contributed by atoms with Crippen LogP contribution in [0.3, 0.4) is 0 Å². The third-order valence-electron chi connectivity index (χ3n) is 5.71. The monoisotopic (exact) mass is 460 g/mol. The molecule has 0 bridgehead atoms. The van der Waals surface area contributed by atoms with E-state index in [1.54, 1.807) is 13.0 Å². The van der Waals surface area contributed by atoms with Crippen molar-refractivity contribution in [2.24, 2.45) is 0 Å². The summed E-state index contributed by atoms with van der Waals surface area (Å²) in [4.78, 5) is 36.8. The van der Waals surface area contributed by atoms with Gasteiger partial charge < -0.3 is 20.5 Å². The summed E-state index contributed by atoms with van der Waals surface area (Å²) >= 11 is 0. The molecule has 1 aliphatic carbocycles. The Balaban J connectivity index is 1.66. The molecule has 0 aliphatic heterocycles. The summed E-state index contributed by atoms with van der Waals surface area (Å²) in [7, 11) is 0. The number of amides is 2. The maximum atomic E-state index is 12.7. The number of rotatable bonds is 10. The maximum Gasteiger partial charge on any atom is 0.407 e. The van der Waals surface area contributed by atoms with Crippen molar-refractivity contribution in [1.29, 1.82) is 0 Å². The van der Waals surface area contributed by atoms with Crippen LogP contribution in [-0.2, 0) is 14.3 Å². The third kappa shape index (κ3) is 5.84. The quantitative estimate of drug-likeness (QED) is 0.369. The number of aliphatic carboxylic acids is 1. The summed E-state index contributed by atoms with van der Waals surface area (Å²) in [5.41, 5.74) is 4.38. The molecule has 2 atom stereocenters. The molecule has 3 rings (SSSR count). The number of hydrogen-bond donors (Lipinski definition) is 3. The minimum absolute atomic E-state index is 0.0281. The second-order valence-electron chi connectivity index (χ2n) is 7.92. The molecule has 0 fully saturated rings. The summed E-state index contributed by atoms with van der Waals surface area (Å²) in [5.74, 6) is 3.54. The first-order valence-corrected chi connectivity index (χ1v) is 11.1. The molecule has 2 unspecified atom stereocenters. The summed E-state index contributed by atoms with van der Waals surface area (Å²) in [6.07, 6.45) is 1.47. The molecule has 176 valence electrons. The van der Waals surface area contributed by atoms with Crippen molar-refractivity contribution in [3.63, 3.8) is 0 Å². The van der Waals surface area contributed by atoms with Crippen LogP contribution in [0, 0.1) is 11.8 Å². The lowest BCUT2D eigenvalue weighted by molar-refractivity contribution is -0.142. The van der Waals surface area contributed by atoms with Crippen LogP contribution in [0.4, 0.5) is 4.79 Å². The maximum absolute atomic E-state index is 12.7. The van der Waals surface area contributed by atoms with Crippen LogP contribution in [0.15, 0.2) is 61.2 Å². The Morgan fingerprint density at radius 1 is 1.06 bits per heavy atom. The first-order valence-electron chi connectivity index (χ1n) is 11.1. The van der Waals surface area contributed by atoms with Gasteiger partial charge in [-0.2, -0.15) is 0 Å². The number of carbonyl (C=O) groups is 3. The van der Waals surface area contributed by atoms with E-state index in [9.17, 15) is 19.5 Å². The van der Waals surface area contributed by atoms with Crippen LogP contribution in [-0.4, -0.2) is 41.8 Å². The van der Waals surface area contributed by atoms with Crippen molar-refractivity contribution in [2.75, 3.05) is 6.61 Å². The minimum atomic E-state index is -1.16. The van der Waals surface area contributed by atoms with Gasteiger partial charge in [0.1, 0.15) is 18.7 Å². The van der Waals surface area contributed by atoms with E-state index in [2.05, 4.69) is 29.1 Å². The zero-order valence-electron chi connectivity index (χ0n) is 19.0. The Hall–Kier alpha value is -4.05. The zero-order valence-corrected chi connectivity index (χ0v) is 19.0. The van der Waals surface area contributed by atoms with Gasteiger partial charge in [-0.25, -0.2) is 9.59 Å². The molecule has 3 N–H and O–H groups in total. The standard InChI is InChI=1S/C27H28N2O5/c1-3-5-15-23(25(30)28-24(26(31)32)16-6-4-2)29-27(33)34-17-22-20-13-9-7-11-18(20)19-12-8-10-14-21(19)22/h4,7-14,22-24H,2,6,15-17H2,1H3,(H,28,30)(H,29,33)(H,31,32). The smallest absolute Gasteiger partial charge is 0.407 e. The Bertz CT molecular complexity index is 1090. The van der Waals surface area contributed by atoms with Crippen molar-refractivity contribution >= 4 is 18.0 Å². The fourth-order valence-electron chi connectivity index (χ4n) is 4.01. The normalized spacial score (nSPS) is 13.3. The number of benzene rings is 2. The molecule has 0 aromatic heterocycles. The molecule has 2 aromatic rings. The predicted molar refractivity (Wildman–Crippen MR) is 129 cm³/mol. The second kappa shape index (κ2) is 11.7. The van der Waals surface area contributed by atoms with Crippen LogP contribution in [0.5, 0.6) is 0 Å². The molecule has 0 heterocycles. The molecular formula is C27H28N2O5. The van der Waals surface area contributed by atoms with E-state index in [0.29, 0.717) is 6.42 Å². The van der Waals surface area contributed by atoms with Crippen molar-refractivity contribution in [3.05, 3.63) is 72.3 Å². The van der Waals surface area contributed by atoms with Gasteiger partial charge in [-0.05, 0) is 42.0 Å². The predicted octanol–water partition coefficient (Wildman–Crippen LogP) is 3.84. The topological polar surface area (TPSA) is 105 Å². The molecule has 7 heteroatoms. The molecule has 2 aromatic carbocycles. The average molecular weight is 461 g/mol. The lowest BCUT2D eigenvalue weighted by Crippen LogP contribution is -2.51. The van der Waals surface area contributed by atoms with E-state index in [-0.39, 0.29) is 25.4 Å². The highest BCUT2D eigenvalue weighted by molar-refractivity contribution is 5.89. The lowest BCUT2D eigenvalue weighted by Gasteiger charge is -2.20. The van der Waals surface area contributed by atoms with Gasteiger partial charge in [0, 0.05) is 12.3 Å². The lowest BCUT2D eigenvalue weighted by atomic mass is 9.98. The summed E-state index contributed by atoms with van der Waals surface area (Å²) in [5, 5.41) is 14.4. The number of alkyl carbamates (subject to hydrolysis) is 1. The molecule has 1 aliphatic rings. The SMILES string of the molecule is C=CCCC(NC(=O)C(CC#CC)NC(=O)OCC1c2ccccc2-c2ccccc21)C(=O)O. The molecule has 2 amide bonds. The Morgan fingerprint density at radius 3 is 2.24 bits per heavy atom. The number of ether oxygens (including phenoxy) is 1. The molecule has 7 nitrogen and oxygen atoms in total.